The molecule has 6 nitrogen and oxygen atoms in total. The lowest BCUT2D eigenvalue weighted by atomic mass is 10.9. The molecule has 0 rings (SSSR count). The topological polar surface area (TPSA) is 70.8 Å². The summed E-state index contributed by atoms with van der Waals surface area (Å²) in [4.78, 5) is 10.7. The summed E-state index contributed by atoms with van der Waals surface area (Å²) in [5.41, 5.74) is 0. The molecule has 0 amide bonds. The van der Waals surface area contributed by atoms with Crippen molar-refractivity contribution in [3.05, 3.63) is 10.1 Å². The Morgan fingerprint density at radius 1 is 1.08 bits per heavy atom. The van der Waals surface area contributed by atoms with Gasteiger partial charge in [0.2, 0.25) is 0 Å². The standard InChI is InChI=1S/C6H15NO5Si/c1-4-10-13(7(8)9,11-5-2)12-6-3/h4-6H2,1-3H3. The fraction of sp³-hybridized carbons (Fsp3) is 1.00. The third-order valence-electron chi connectivity index (χ3n) is 1.20. The van der Waals surface area contributed by atoms with E-state index in [0.29, 0.717) is 0 Å². The highest BCUT2D eigenvalue weighted by atomic mass is 28.4. The Kier molecular flexibility index (Phi) is 5.79. The van der Waals surface area contributed by atoms with Gasteiger partial charge in [-0.25, -0.2) is 0 Å². The van der Waals surface area contributed by atoms with Crippen LogP contribution in [0.1, 0.15) is 20.8 Å². The van der Waals surface area contributed by atoms with Crippen LogP contribution in [0.5, 0.6) is 0 Å². The molecule has 0 unspecified atom stereocenters. The molecule has 0 bridgehead atoms. The van der Waals surface area contributed by atoms with Crippen molar-refractivity contribution in [2.24, 2.45) is 0 Å². The summed E-state index contributed by atoms with van der Waals surface area (Å²) in [6.45, 7) is 5.66. The average molecular weight is 209 g/mol. The Morgan fingerprint density at radius 2 is 1.38 bits per heavy atom. The van der Waals surface area contributed by atoms with Crippen LogP contribution in [-0.2, 0) is 13.3 Å². The maximum atomic E-state index is 10.7. The first kappa shape index (κ1) is 12.5. The Morgan fingerprint density at radius 3 is 1.54 bits per heavy atom. The molecule has 0 aliphatic carbocycles. The molecule has 13 heavy (non-hydrogen) atoms. The first-order chi connectivity index (χ1) is 6.13. The van der Waals surface area contributed by atoms with Crippen LogP contribution in [0.15, 0.2) is 0 Å². The molecule has 0 fully saturated rings. The van der Waals surface area contributed by atoms with Crippen molar-refractivity contribution in [1.82, 2.24) is 0 Å². The summed E-state index contributed by atoms with van der Waals surface area (Å²) in [7, 11) is -3.65. The van der Waals surface area contributed by atoms with E-state index in [1.807, 2.05) is 0 Å². The van der Waals surface area contributed by atoms with Gasteiger partial charge in [0.25, 0.3) is 0 Å². The predicted molar refractivity (Wildman–Crippen MR) is 47.6 cm³/mol. The third kappa shape index (κ3) is 3.39. The van der Waals surface area contributed by atoms with Gasteiger partial charge < -0.3 is 13.3 Å². The van der Waals surface area contributed by atoms with E-state index in [0.717, 1.165) is 0 Å². The predicted octanol–water partition coefficient (Wildman–Crippen LogP) is 0.808. The Bertz CT molecular complexity index is 148. The lowest BCUT2D eigenvalue weighted by Crippen LogP contribution is -2.53. The number of nitrogens with zero attached hydrogens (tertiary/aromatic N) is 1. The highest BCUT2D eigenvalue weighted by Crippen LogP contribution is 2.10. The molecule has 0 aromatic rings. The smallest absolute Gasteiger partial charge is 0.315 e. The number of hydrogen-bond donors (Lipinski definition) is 0. The maximum absolute atomic E-state index is 10.7. The van der Waals surface area contributed by atoms with Gasteiger partial charge in [0, 0.05) is 24.4 Å². The van der Waals surface area contributed by atoms with Crippen molar-refractivity contribution >= 4 is 8.97 Å². The first-order valence-electron chi connectivity index (χ1n) is 4.19. The van der Waals surface area contributed by atoms with Gasteiger partial charge in [-0.2, -0.15) is 0 Å². The van der Waals surface area contributed by atoms with Gasteiger partial charge in [-0.15, -0.1) is 0 Å². The van der Waals surface area contributed by atoms with E-state index >= 15 is 0 Å². The van der Waals surface area contributed by atoms with E-state index in [9.17, 15) is 10.1 Å². The van der Waals surface area contributed by atoms with Gasteiger partial charge in [0.05, 0.1) is 0 Å². The molecule has 0 radical (unpaired) electrons. The molecule has 0 aliphatic heterocycles. The van der Waals surface area contributed by atoms with Crippen LogP contribution in [0.25, 0.3) is 0 Å². The summed E-state index contributed by atoms with van der Waals surface area (Å²) in [6, 6.07) is 0. The quantitative estimate of drug-likeness (QED) is 0.352. The van der Waals surface area contributed by atoms with Crippen molar-refractivity contribution in [2.45, 2.75) is 20.8 Å². The van der Waals surface area contributed by atoms with Gasteiger partial charge in [-0.1, -0.05) is 0 Å². The maximum Gasteiger partial charge on any atom is 0.925 e. The lowest BCUT2D eigenvalue weighted by molar-refractivity contribution is -0.416. The molecule has 0 saturated heterocycles. The van der Waals surface area contributed by atoms with Crippen LogP contribution in [0.4, 0.5) is 0 Å². The van der Waals surface area contributed by atoms with Crippen LogP contribution in [-0.4, -0.2) is 33.4 Å². The van der Waals surface area contributed by atoms with E-state index in [1.54, 1.807) is 20.8 Å². The normalized spacial score (nSPS) is 11.6. The molecule has 0 aromatic heterocycles. The second-order valence-corrected chi connectivity index (χ2v) is 4.36. The first-order valence-corrected chi connectivity index (χ1v) is 5.86. The van der Waals surface area contributed by atoms with Crippen molar-refractivity contribution < 1.29 is 17.9 Å². The molecule has 0 saturated carbocycles. The molecular weight excluding hydrogens is 194 g/mol. The molecular formula is C6H15NO5Si. The summed E-state index contributed by atoms with van der Waals surface area (Å²) in [6.07, 6.45) is 0. The van der Waals surface area contributed by atoms with E-state index in [4.69, 9.17) is 13.3 Å². The van der Waals surface area contributed by atoms with E-state index < -0.39 is 13.6 Å². The zero-order chi connectivity index (χ0) is 10.3. The molecule has 7 heteroatoms. The highest BCUT2D eigenvalue weighted by Gasteiger charge is 2.62. The van der Waals surface area contributed by atoms with Crippen LogP contribution >= 0.6 is 0 Å². The van der Waals surface area contributed by atoms with Crippen LogP contribution < -0.4 is 0 Å². The molecule has 78 valence electrons. The van der Waals surface area contributed by atoms with Crippen molar-refractivity contribution in [3.63, 3.8) is 0 Å². The van der Waals surface area contributed by atoms with Crippen molar-refractivity contribution in [1.29, 1.82) is 0 Å². The Hall–Kier alpha value is -0.503. The van der Waals surface area contributed by atoms with Gasteiger partial charge in [-0.3, -0.25) is 10.1 Å². The average Bonchev–Trinajstić information content (AvgIpc) is 2.05. The zero-order valence-electron chi connectivity index (χ0n) is 8.11. The summed E-state index contributed by atoms with van der Waals surface area (Å²) in [5, 5.41) is 10.7. The fourth-order valence-electron chi connectivity index (χ4n) is 0.830. The van der Waals surface area contributed by atoms with Gasteiger partial charge in [0.15, 0.2) is 0 Å². The Labute approximate surface area is 78.4 Å². The van der Waals surface area contributed by atoms with Crippen LogP contribution in [0.3, 0.4) is 0 Å². The molecule has 0 spiro atoms. The van der Waals surface area contributed by atoms with Crippen molar-refractivity contribution in [2.75, 3.05) is 19.8 Å². The van der Waals surface area contributed by atoms with Gasteiger partial charge in [-0.05, 0) is 20.8 Å². The SMILES string of the molecule is CCO[Si](OCC)(OCC)[N+](=O)[O-]. The summed E-state index contributed by atoms with van der Waals surface area (Å²) < 4.78 is 14.3. The monoisotopic (exact) mass is 209 g/mol. The van der Waals surface area contributed by atoms with Crippen molar-refractivity contribution in [3.8, 4) is 0 Å². The van der Waals surface area contributed by atoms with Gasteiger partial charge >= 0.3 is 8.97 Å². The molecule has 0 aliphatic rings. The number of rotatable bonds is 7. The highest BCUT2D eigenvalue weighted by molar-refractivity contribution is 6.51. The largest absolute Gasteiger partial charge is 0.925 e. The summed E-state index contributed by atoms with van der Waals surface area (Å²) >= 11 is 0. The zero-order valence-corrected chi connectivity index (χ0v) is 9.11. The molecule has 0 aromatic carbocycles. The van der Waals surface area contributed by atoms with Crippen LogP contribution in [0, 0.1) is 10.1 Å². The van der Waals surface area contributed by atoms with Gasteiger partial charge in [0.1, 0.15) is 0 Å². The lowest BCUT2D eigenvalue weighted by Gasteiger charge is -2.16. The van der Waals surface area contributed by atoms with E-state index in [-0.39, 0.29) is 19.8 Å². The minimum Gasteiger partial charge on any atom is -0.315 e. The third-order valence-corrected chi connectivity index (χ3v) is 3.61. The Balaban J connectivity index is 4.48. The fourth-order valence-corrected chi connectivity index (χ4v) is 2.49. The van der Waals surface area contributed by atoms with Crippen LogP contribution in [0.2, 0.25) is 0 Å². The second-order valence-electron chi connectivity index (χ2n) is 2.08. The molecule has 0 atom stereocenters. The number of nitro groups is 1. The molecule has 0 N–H and O–H groups in total. The second kappa shape index (κ2) is 6.03. The minimum atomic E-state index is -3.65. The minimum absolute atomic E-state index is 0.215. The number of hydrogen-bond acceptors (Lipinski definition) is 5. The molecule has 0 heterocycles. The van der Waals surface area contributed by atoms with E-state index in [1.165, 1.54) is 0 Å². The summed E-state index contributed by atoms with van der Waals surface area (Å²) in [5.74, 6) is 0. The van der Waals surface area contributed by atoms with E-state index in [2.05, 4.69) is 0 Å².